The van der Waals surface area contributed by atoms with Gasteiger partial charge in [0.05, 0.1) is 15.7 Å². The molecular weight excluding hydrogens is 159 g/mol. The minimum Gasteiger partial charge on any atom is -0.298 e. The van der Waals surface area contributed by atoms with E-state index in [4.69, 9.17) is 28.9 Å². The first-order chi connectivity index (χ1) is 4.22. The van der Waals surface area contributed by atoms with E-state index in [2.05, 4.69) is 4.98 Å². The van der Waals surface area contributed by atoms with Crippen LogP contribution in [0.3, 0.4) is 0 Å². The highest BCUT2D eigenvalue weighted by Crippen LogP contribution is 2.25. The number of aromatic nitrogens is 1. The molecule has 0 aliphatic heterocycles. The highest BCUT2D eigenvalue weighted by atomic mass is 35.5. The van der Waals surface area contributed by atoms with Crippen molar-refractivity contribution in [3.05, 3.63) is 22.4 Å². The molecule has 0 aliphatic rings. The van der Waals surface area contributed by atoms with Gasteiger partial charge in [0, 0.05) is 12.4 Å². The van der Waals surface area contributed by atoms with Crippen LogP contribution in [-0.2, 0) is 0 Å². The van der Waals surface area contributed by atoms with Crippen LogP contribution in [0.2, 0.25) is 10.0 Å². The predicted molar refractivity (Wildman–Crippen MR) is 37.0 cm³/mol. The van der Waals surface area contributed by atoms with E-state index in [1.807, 2.05) is 0 Å². The van der Waals surface area contributed by atoms with Gasteiger partial charge in [-0.25, -0.2) is 0 Å². The van der Waals surface area contributed by atoms with Crippen LogP contribution < -0.4 is 5.73 Å². The van der Waals surface area contributed by atoms with Gasteiger partial charge in [0.2, 0.25) is 0 Å². The Morgan fingerprint density at radius 2 is 1.67 bits per heavy atom. The van der Waals surface area contributed by atoms with Crippen molar-refractivity contribution >= 4 is 28.9 Å². The van der Waals surface area contributed by atoms with Gasteiger partial charge in [0.15, 0.2) is 0 Å². The number of rotatable bonds is 0. The molecule has 0 amide bonds. The molecule has 0 aliphatic carbocycles. The van der Waals surface area contributed by atoms with Crippen LogP contribution in [0.4, 0.5) is 5.69 Å². The summed E-state index contributed by atoms with van der Waals surface area (Å²) in [5.41, 5.74) is 7.27. The molecule has 1 rings (SSSR count). The van der Waals surface area contributed by atoms with E-state index in [0.717, 1.165) is 0 Å². The summed E-state index contributed by atoms with van der Waals surface area (Å²) in [6.45, 7) is 0. The fraction of sp³-hybridized carbons (Fsp3) is 0. The molecular formula is C5H3Cl2N2. The van der Waals surface area contributed by atoms with Gasteiger partial charge in [-0.1, -0.05) is 23.2 Å². The Morgan fingerprint density at radius 1 is 1.22 bits per heavy atom. The third-order valence-electron chi connectivity index (χ3n) is 0.853. The van der Waals surface area contributed by atoms with Gasteiger partial charge in [-0.2, -0.15) is 0 Å². The summed E-state index contributed by atoms with van der Waals surface area (Å²) >= 11 is 11.0. The molecule has 2 nitrogen and oxygen atoms in total. The maximum Gasteiger partial charge on any atom is 0.0943 e. The lowest BCUT2D eigenvalue weighted by atomic mass is 10.4. The van der Waals surface area contributed by atoms with Gasteiger partial charge >= 0.3 is 0 Å². The molecule has 0 aromatic carbocycles. The average molecular weight is 162 g/mol. The molecule has 1 aromatic heterocycles. The summed E-state index contributed by atoms with van der Waals surface area (Å²) < 4.78 is 0. The zero-order valence-corrected chi connectivity index (χ0v) is 5.87. The van der Waals surface area contributed by atoms with Crippen LogP contribution in [0.1, 0.15) is 0 Å². The van der Waals surface area contributed by atoms with Gasteiger partial charge in [-0.15, -0.1) is 0 Å². The molecule has 1 N–H and O–H groups in total. The van der Waals surface area contributed by atoms with Crippen molar-refractivity contribution in [2.45, 2.75) is 0 Å². The number of hydrogen-bond acceptors (Lipinski definition) is 1. The molecule has 0 fully saturated rings. The maximum atomic E-state index is 7.14. The molecule has 47 valence electrons. The van der Waals surface area contributed by atoms with Gasteiger partial charge < -0.3 is 0 Å². The van der Waals surface area contributed by atoms with Crippen molar-refractivity contribution < 1.29 is 0 Å². The first-order valence-corrected chi connectivity index (χ1v) is 2.98. The number of nitrogens with zero attached hydrogens (tertiary/aromatic N) is 1. The topological polar surface area (TPSA) is 36.7 Å². The van der Waals surface area contributed by atoms with Crippen LogP contribution in [0.15, 0.2) is 12.4 Å². The molecule has 0 spiro atoms. The van der Waals surface area contributed by atoms with E-state index in [1.54, 1.807) is 0 Å². The quantitative estimate of drug-likeness (QED) is 0.576. The molecule has 0 bridgehead atoms. The number of hydrogen-bond donors (Lipinski definition) is 0. The van der Waals surface area contributed by atoms with Gasteiger partial charge in [0.25, 0.3) is 0 Å². The fourth-order valence-electron chi connectivity index (χ4n) is 0.411. The predicted octanol–water partition coefficient (Wildman–Crippen LogP) is 2.30. The fourth-order valence-corrected chi connectivity index (χ4v) is 0.776. The van der Waals surface area contributed by atoms with Crippen molar-refractivity contribution in [1.29, 1.82) is 0 Å². The van der Waals surface area contributed by atoms with E-state index in [-0.39, 0.29) is 15.7 Å². The molecule has 1 radical (unpaired) electrons. The van der Waals surface area contributed by atoms with Crippen molar-refractivity contribution in [2.24, 2.45) is 0 Å². The molecule has 1 heterocycles. The standard InChI is InChI=1S/C5H3Cl2N2/c6-3-1-9-2-4(7)5(3)8/h1-2,8H. The summed E-state index contributed by atoms with van der Waals surface area (Å²) in [4.78, 5) is 3.66. The average Bonchev–Trinajstić information content (AvgIpc) is 1.83. The SMILES string of the molecule is [NH]c1c(Cl)cncc1Cl. The van der Waals surface area contributed by atoms with Crippen molar-refractivity contribution in [3.63, 3.8) is 0 Å². The third kappa shape index (κ3) is 1.26. The lowest BCUT2D eigenvalue weighted by Gasteiger charge is -1.94. The summed E-state index contributed by atoms with van der Waals surface area (Å²) in [5.74, 6) is 0. The smallest absolute Gasteiger partial charge is 0.0943 e. The minimum atomic E-state index is 0.133. The van der Waals surface area contributed by atoms with Gasteiger partial charge in [0.1, 0.15) is 0 Å². The lowest BCUT2D eigenvalue weighted by molar-refractivity contribution is 1.30. The minimum absolute atomic E-state index is 0.133. The van der Waals surface area contributed by atoms with Crippen molar-refractivity contribution in [1.82, 2.24) is 10.7 Å². The Hall–Kier alpha value is -0.470. The molecule has 0 unspecified atom stereocenters. The Morgan fingerprint density at radius 3 is 2.00 bits per heavy atom. The second-order valence-corrected chi connectivity index (χ2v) is 2.29. The van der Waals surface area contributed by atoms with Crippen molar-refractivity contribution in [2.75, 3.05) is 0 Å². The van der Waals surface area contributed by atoms with Gasteiger partial charge in [-0.05, 0) is 0 Å². The normalized spacial score (nSPS) is 9.56. The highest BCUT2D eigenvalue weighted by molar-refractivity contribution is 6.38. The second kappa shape index (κ2) is 2.42. The summed E-state index contributed by atoms with van der Waals surface area (Å²) in [7, 11) is 0. The number of nitrogens with one attached hydrogen (secondary N) is 1. The lowest BCUT2D eigenvalue weighted by Crippen LogP contribution is -1.76. The van der Waals surface area contributed by atoms with Crippen LogP contribution in [0, 0.1) is 0 Å². The Balaban J connectivity index is 3.25. The first-order valence-electron chi connectivity index (χ1n) is 2.22. The maximum absolute atomic E-state index is 7.14. The third-order valence-corrected chi connectivity index (χ3v) is 1.43. The number of halogens is 2. The van der Waals surface area contributed by atoms with E-state index < -0.39 is 0 Å². The van der Waals surface area contributed by atoms with Crippen LogP contribution >= 0.6 is 23.2 Å². The zero-order valence-electron chi connectivity index (χ0n) is 4.36. The highest BCUT2D eigenvalue weighted by Gasteiger charge is 1.99. The molecule has 9 heavy (non-hydrogen) atoms. The molecule has 1 aromatic rings. The van der Waals surface area contributed by atoms with Crippen LogP contribution in [0.5, 0.6) is 0 Å². The van der Waals surface area contributed by atoms with Gasteiger partial charge in [-0.3, -0.25) is 10.7 Å². The second-order valence-electron chi connectivity index (χ2n) is 1.48. The van der Waals surface area contributed by atoms with E-state index in [9.17, 15) is 0 Å². The zero-order chi connectivity index (χ0) is 6.85. The Kier molecular flexibility index (Phi) is 1.78. The van der Waals surface area contributed by atoms with E-state index in [1.165, 1.54) is 12.4 Å². The first kappa shape index (κ1) is 6.65. The summed E-state index contributed by atoms with van der Waals surface area (Å²) in [6.07, 6.45) is 2.77. The molecule has 4 heteroatoms. The largest absolute Gasteiger partial charge is 0.298 e. The van der Waals surface area contributed by atoms with E-state index in [0.29, 0.717) is 0 Å². The Labute approximate surface area is 62.6 Å². The monoisotopic (exact) mass is 161 g/mol. The van der Waals surface area contributed by atoms with Crippen molar-refractivity contribution in [3.8, 4) is 0 Å². The Bertz CT molecular complexity index is 204. The van der Waals surface area contributed by atoms with Crippen LogP contribution in [0.25, 0.3) is 0 Å². The summed E-state index contributed by atoms with van der Waals surface area (Å²) in [5, 5.41) is 0.560. The van der Waals surface area contributed by atoms with Crippen LogP contribution in [-0.4, -0.2) is 4.98 Å². The molecule has 0 saturated heterocycles. The summed E-state index contributed by atoms with van der Waals surface area (Å²) in [6, 6.07) is 0. The molecule has 0 atom stereocenters. The molecule has 0 saturated carbocycles. The number of pyridine rings is 1. The van der Waals surface area contributed by atoms with E-state index >= 15 is 0 Å².